The zero-order valence-electron chi connectivity index (χ0n) is 13.1. The number of thioether (sulfide) groups is 1. The van der Waals surface area contributed by atoms with Crippen molar-refractivity contribution in [2.45, 2.75) is 51.6 Å². The van der Waals surface area contributed by atoms with Gasteiger partial charge >= 0.3 is 0 Å². The van der Waals surface area contributed by atoms with Gasteiger partial charge in [0.15, 0.2) is 0 Å². The second kappa shape index (κ2) is 8.06. The Balaban J connectivity index is 1.86. The third-order valence-corrected chi connectivity index (χ3v) is 5.52. The fourth-order valence-corrected chi connectivity index (χ4v) is 3.79. The van der Waals surface area contributed by atoms with Crippen molar-refractivity contribution in [1.29, 1.82) is 0 Å². The Bertz CT molecular complexity index is 390. The lowest BCUT2D eigenvalue weighted by atomic mass is 10.1. The molecule has 1 aromatic rings. The summed E-state index contributed by atoms with van der Waals surface area (Å²) in [5.41, 5.74) is 2.83. The van der Waals surface area contributed by atoms with Crippen LogP contribution in [0.15, 0.2) is 24.3 Å². The highest BCUT2D eigenvalue weighted by molar-refractivity contribution is 8.00. The monoisotopic (exact) mass is 292 g/mol. The lowest BCUT2D eigenvalue weighted by Crippen LogP contribution is -2.43. The second-order valence-corrected chi connectivity index (χ2v) is 7.27. The first-order chi connectivity index (χ1) is 9.70. The van der Waals surface area contributed by atoms with Crippen molar-refractivity contribution in [3.63, 3.8) is 0 Å². The maximum Gasteiger partial charge on any atom is 0.0237 e. The Labute approximate surface area is 128 Å². The van der Waals surface area contributed by atoms with E-state index in [1.54, 1.807) is 0 Å². The van der Waals surface area contributed by atoms with Gasteiger partial charge in [0, 0.05) is 36.7 Å². The number of nitrogens with one attached hydrogen (secondary N) is 1. The molecule has 1 aliphatic heterocycles. The van der Waals surface area contributed by atoms with Gasteiger partial charge < -0.3 is 5.32 Å². The molecule has 3 heteroatoms. The number of benzene rings is 1. The van der Waals surface area contributed by atoms with Gasteiger partial charge in [-0.2, -0.15) is 11.8 Å². The van der Waals surface area contributed by atoms with Gasteiger partial charge in [0.2, 0.25) is 0 Å². The first-order valence-electron chi connectivity index (χ1n) is 7.85. The molecule has 2 rings (SSSR count). The van der Waals surface area contributed by atoms with Crippen LogP contribution in [-0.4, -0.2) is 35.0 Å². The zero-order chi connectivity index (χ0) is 14.4. The normalized spacial score (nSPS) is 23.9. The molecule has 1 aliphatic rings. The molecule has 2 unspecified atom stereocenters. The van der Waals surface area contributed by atoms with E-state index in [2.05, 4.69) is 67.0 Å². The van der Waals surface area contributed by atoms with Gasteiger partial charge in [0.25, 0.3) is 0 Å². The van der Waals surface area contributed by atoms with Crippen molar-refractivity contribution >= 4 is 11.8 Å². The molecule has 2 nitrogen and oxygen atoms in total. The number of hydrogen-bond donors (Lipinski definition) is 1. The standard InChI is InChI=1S/C17H28N2S/c1-4-9-18-12-16-5-7-17(8-6-16)13-19-10-11-20-15(3)14(19)2/h5-8,14-15,18H,4,9-13H2,1-3H3. The van der Waals surface area contributed by atoms with Gasteiger partial charge in [-0.15, -0.1) is 0 Å². The number of nitrogens with zero attached hydrogens (tertiary/aromatic N) is 1. The van der Waals surface area contributed by atoms with E-state index in [0.717, 1.165) is 24.9 Å². The molecule has 1 N–H and O–H groups in total. The molecule has 1 fully saturated rings. The van der Waals surface area contributed by atoms with Crippen LogP contribution in [-0.2, 0) is 13.1 Å². The predicted octanol–water partition coefficient (Wildman–Crippen LogP) is 3.51. The van der Waals surface area contributed by atoms with E-state index in [4.69, 9.17) is 0 Å². The molecule has 1 saturated heterocycles. The molecule has 2 atom stereocenters. The molecule has 0 radical (unpaired) electrons. The molecule has 0 saturated carbocycles. The van der Waals surface area contributed by atoms with E-state index >= 15 is 0 Å². The van der Waals surface area contributed by atoms with Crippen LogP contribution in [0.4, 0.5) is 0 Å². The summed E-state index contributed by atoms with van der Waals surface area (Å²) < 4.78 is 0. The van der Waals surface area contributed by atoms with Crippen molar-refractivity contribution in [1.82, 2.24) is 10.2 Å². The lowest BCUT2D eigenvalue weighted by Gasteiger charge is -2.37. The van der Waals surface area contributed by atoms with E-state index in [0.29, 0.717) is 6.04 Å². The Kier molecular flexibility index (Phi) is 6.40. The highest BCUT2D eigenvalue weighted by Crippen LogP contribution is 2.25. The van der Waals surface area contributed by atoms with Gasteiger partial charge in [-0.25, -0.2) is 0 Å². The average molecular weight is 292 g/mol. The van der Waals surface area contributed by atoms with Crippen LogP contribution in [0.2, 0.25) is 0 Å². The minimum Gasteiger partial charge on any atom is -0.313 e. The second-order valence-electron chi connectivity index (χ2n) is 5.78. The van der Waals surface area contributed by atoms with Crippen LogP contribution in [0.5, 0.6) is 0 Å². The summed E-state index contributed by atoms with van der Waals surface area (Å²) >= 11 is 2.10. The van der Waals surface area contributed by atoms with Crippen molar-refractivity contribution in [3.05, 3.63) is 35.4 Å². The Hall–Kier alpha value is -0.510. The molecule has 0 amide bonds. The van der Waals surface area contributed by atoms with E-state index < -0.39 is 0 Å². The zero-order valence-corrected chi connectivity index (χ0v) is 13.9. The molecule has 1 heterocycles. The molecule has 0 spiro atoms. The van der Waals surface area contributed by atoms with Gasteiger partial charge in [0.05, 0.1) is 0 Å². The van der Waals surface area contributed by atoms with E-state index in [1.807, 2.05) is 0 Å². The molecule has 0 aliphatic carbocycles. The maximum atomic E-state index is 3.45. The van der Waals surface area contributed by atoms with Crippen molar-refractivity contribution in [2.24, 2.45) is 0 Å². The number of hydrogen-bond acceptors (Lipinski definition) is 3. The maximum absolute atomic E-state index is 3.45. The molecule has 0 aromatic heterocycles. The molecule has 20 heavy (non-hydrogen) atoms. The number of rotatable bonds is 6. The molecule has 1 aromatic carbocycles. The smallest absolute Gasteiger partial charge is 0.0237 e. The van der Waals surface area contributed by atoms with E-state index in [1.165, 1.54) is 29.8 Å². The summed E-state index contributed by atoms with van der Waals surface area (Å²) in [4.78, 5) is 2.62. The van der Waals surface area contributed by atoms with Gasteiger partial charge in [-0.3, -0.25) is 4.90 Å². The van der Waals surface area contributed by atoms with Crippen LogP contribution < -0.4 is 5.32 Å². The fourth-order valence-electron chi connectivity index (χ4n) is 2.63. The highest BCUT2D eigenvalue weighted by Gasteiger charge is 2.24. The van der Waals surface area contributed by atoms with Crippen LogP contribution in [0.1, 0.15) is 38.3 Å². The SMILES string of the molecule is CCCNCc1ccc(CN2CCSC(C)C2C)cc1. The van der Waals surface area contributed by atoms with Crippen LogP contribution >= 0.6 is 11.8 Å². The minimum atomic E-state index is 0.680. The van der Waals surface area contributed by atoms with Gasteiger partial charge in [-0.1, -0.05) is 38.1 Å². The van der Waals surface area contributed by atoms with Crippen molar-refractivity contribution in [2.75, 3.05) is 18.8 Å². The minimum absolute atomic E-state index is 0.680. The summed E-state index contributed by atoms with van der Waals surface area (Å²) in [5.74, 6) is 1.27. The average Bonchev–Trinajstić information content (AvgIpc) is 2.46. The van der Waals surface area contributed by atoms with Crippen molar-refractivity contribution < 1.29 is 0 Å². The van der Waals surface area contributed by atoms with Gasteiger partial charge in [-0.05, 0) is 31.0 Å². The Morgan fingerprint density at radius 3 is 2.60 bits per heavy atom. The van der Waals surface area contributed by atoms with Crippen LogP contribution in [0.25, 0.3) is 0 Å². The molecule has 0 bridgehead atoms. The van der Waals surface area contributed by atoms with E-state index in [9.17, 15) is 0 Å². The topological polar surface area (TPSA) is 15.3 Å². The van der Waals surface area contributed by atoms with Gasteiger partial charge in [0.1, 0.15) is 0 Å². The third-order valence-electron chi connectivity index (χ3n) is 4.18. The first kappa shape index (κ1) is 15.9. The summed E-state index contributed by atoms with van der Waals surface area (Å²) in [6.45, 7) is 11.3. The summed E-state index contributed by atoms with van der Waals surface area (Å²) in [7, 11) is 0. The summed E-state index contributed by atoms with van der Waals surface area (Å²) in [6, 6.07) is 9.80. The van der Waals surface area contributed by atoms with Crippen molar-refractivity contribution in [3.8, 4) is 0 Å². The molecular formula is C17H28N2S. The predicted molar refractivity (Wildman–Crippen MR) is 90.2 cm³/mol. The van der Waals surface area contributed by atoms with Crippen LogP contribution in [0, 0.1) is 0 Å². The largest absolute Gasteiger partial charge is 0.313 e. The van der Waals surface area contributed by atoms with E-state index in [-0.39, 0.29) is 0 Å². The Morgan fingerprint density at radius 2 is 1.90 bits per heavy atom. The quantitative estimate of drug-likeness (QED) is 0.808. The Morgan fingerprint density at radius 1 is 1.20 bits per heavy atom. The lowest BCUT2D eigenvalue weighted by molar-refractivity contribution is 0.204. The fraction of sp³-hybridized carbons (Fsp3) is 0.647. The summed E-state index contributed by atoms with van der Waals surface area (Å²) in [5, 5.41) is 4.20. The van der Waals surface area contributed by atoms with Crippen LogP contribution in [0.3, 0.4) is 0 Å². The third kappa shape index (κ3) is 4.51. The highest BCUT2D eigenvalue weighted by atomic mass is 32.2. The molecular weight excluding hydrogens is 264 g/mol. The first-order valence-corrected chi connectivity index (χ1v) is 8.89. The summed E-state index contributed by atoms with van der Waals surface area (Å²) in [6.07, 6.45) is 1.20. The molecule has 112 valence electrons.